The lowest BCUT2D eigenvalue weighted by Gasteiger charge is -2.26. The van der Waals surface area contributed by atoms with E-state index in [4.69, 9.17) is 0 Å². The van der Waals surface area contributed by atoms with Crippen molar-refractivity contribution in [2.75, 3.05) is 4.90 Å². The van der Waals surface area contributed by atoms with Crippen LogP contribution < -0.4 is 4.90 Å². The third kappa shape index (κ3) is 5.45. The lowest BCUT2D eigenvalue weighted by Crippen LogP contribution is -2.10. The van der Waals surface area contributed by atoms with Gasteiger partial charge in [-0.15, -0.1) is 0 Å². The monoisotopic (exact) mass is 724 g/mol. The summed E-state index contributed by atoms with van der Waals surface area (Å²) in [6.45, 7) is 0. The number of hydrogen-bond acceptors (Lipinski definition) is 2. The Morgan fingerprint density at radius 3 is 1.39 bits per heavy atom. The normalized spacial score (nSPS) is 11.5. The van der Waals surface area contributed by atoms with Crippen molar-refractivity contribution in [3.8, 4) is 66.8 Å². The number of pyridine rings is 1. The zero-order chi connectivity index (χ0) is 37.7. The van der Waals surface area contributed by atoms with Crippen molar-refractivity contribution >= 4 is 38.6 Å². The average Bonchev–Trinajstić information content (AvgIpc) is 3.62. The maximum atomic E-state index is 4.35. The highest BCUT2D eigenvalue weighted by Crippen LogP contribution is 2.58. The van der Waals surface area contributed by atoms with E-state index in [0.717, 1.165) is 17.1 Å². The Hall–Kier alpha value is -7.55. The zero-order valence-electron chi connectivity index (χ0n) is 31.2. The number of hydrogen-bond donors (Lipinski definition) is 0. The summed E-state index contributed by atoms with van der Waals surface area (Å²) in [5, 5.41) is 5.10. The van der Waals surface area contributed by atoms with Gasteiger partial charge in [-0.05, 0) is 125 Å². The van der Waals surface area contributed by atoms with Crippen LogP contribution in [0.4, 0.5) is 17.1 Å². The van der Waals surface area contributed by atoms with E-state index in [1.54, 1.807) is 0 Å². The average molecular weight is 725 g/mol. The van der Waals surface area contributed by atoms with E-state index in [1.807, 2.05) is 12.4 Å². The minimum Gasteiger partial charge on any atom is -0.310 e. The van der Waals surface area contributed by atoms with Crippen LogP contribution in [-0.4, -0.2) is 4.98 Å². The molecule has 1 heterocycles. The Bertz CT molecular complexity index is 2990. The fourth-order valence-electron chi connectivity index (χ4n) is 9.05. The highest BCUT2D eigenvalue weighted by molar-refractivity contribution is 6.28. The first-order chi connectivity index (χ1) is 28.3. The number of rotatable bonds is 7. The number of anilines is 3. The quantitative estimate of drug-likeness (QED) is 0.163. The molecular weight excluding hydrogens is 689 g/mol. The summed E-state index contributed by atoms with van der Waals surface area (Å²) >= 11 is 0. The number of aromatic nitrogens is 1. The lowest BCUT2D eigenvalue weighted by molar-refractivity contribution is 1.24. The van der Waals surface area contributed by atoms with E-state index in [-0.39, 0.29) is 0 Å². The molecule has 1 aromatic heterocycles. The van der Waals surface area contributed by atoms with Crippen molar-refractivity contribution in [1.82, 2.24) is 4.98 Å². The van der Waals surface area contributed by atoms with E-state index in [2.05, 4.69) is 216 Å². The molecule has 266 valence electrons. The summed E-state index contributed by atoms with van der Waals surface area (Å²) < 4.78 is 0. The molecule has 0 saturated heterocycles. The van der Waals surface area contributed by atoms with Crippen LogP contribution in [0.15, 0.2) is 219 Å². The Balaban J connectivity index is 1.11. The molecule has 0 spiro atoms. The van der Waals surface area contributed by atoms with Crippen molar-refractivity contribution < 1.29 is 0 Å². The molecule has 0 N–H and O–H groups in total. The molecule has 10 aromatic rings. The van der Waals surface area contributed by atoms with Gasteiger partial charge >= 0.3 is 0 Å². The van der Waals surface area contributed by atoms with Crippen LogP contribution >= 0.6 is 0 Å². The van der Waals surface area contributed by atoms with Crippen molar-refractivity contribution in [3.05, 3.63) is 219 Å². The molecule has 0 amide bonds. The fraction of sp³-hybridized carbons (Fsp3) is 0. The van der Waals surface area contributed by atoms with Crippen molar-refractivity contribution in [3.63, 3.8) is 0 Å². The first kappa shape index (κ1) is 32.8. The molecule has 0 unspecified atom stereocenters. The van der Waals surface area contributed by atoms with Crippen LogP contribution in [0.2, 0.25) is 0 Å². The molecule has 2 heteroatoms. The van der Waals surface area contributed by atoms with Gasteiger partial charge in [0.05, 0.1) is 0 Å². The standard InChI is InChI=1S/C55H36N2/c1-4-14-37(15-5-1)38-26-28-42(29-27-38)57(43-32-34-56-35-33-43)44-21-12-20-41(36-44)45-30-31-50-53-46(45)24-13-25-49(53)54-51(39-16-6-2-7-17-39)47-22-10-11-23-48(47)52(55(50)54)40-18-8-3-9-19-40/h1-36H. The van der Waals surface area contributed by atoms with E-state index in [1.165, 1.54) is 88.3 Å². The maximum absolute atomic E-state index is 4.35. The lowest BCUT2D eigenvalue weighted by atomic mass is 9.82. The second-order valence-corrected chi connectivity index (χ2v) is 14.7. The minimum absolute atomic E-state index is 1.06. The Labute approximate surface area is 332 Å². The van der Waals surface area contributed by atoms with Gasteiger partial charge in [-0.1, -0.05) is 170 Å². The van der Waals surface area contributed by atoms with Gasteiger partial charge < -0.3 is 4.90 Å². The minimum atomic E-state index is 1.06. The van der Waals surface area contributed by atoms with Gasteiger partial charge in [0.25, 0.3) is 0 Å². The maximum Gasteiger partial charge on any atom is 0.0492 e. The summed E-state index contributed by atoms with van der Waals surface area (Å²) in [5.74, 6) is 0. The van der Waals surface area contributed by atoms with E-state index in [0.29, 0.717) is 0 Å². The second kappa shape index (κ2) is 13.6. The van der Waals surface area contributed by atoms with Gasteiger partial charge in [-0.25, -0.2) is 0 Å². The number of fused-ring (bicyclic) bond motifs is 4. The number of benzene rings is 9. The molecule has 2 nitrogen and oxygen atoms in total. The summed E-state index contributed by atoms with van der Waals surface area (Å²) in [6, 6.07) is 74.9. The summed E-state index contributed by atoms with van der Waals surface area (Å²) in [6.07, 6.45) is 3.73. The van der Waals surface area contributed by atoms with Crippen LogP contribution in [-0.2, 0) is 0 Å². The molecule has 1 aliphatic carbocycles. The molecule has 0 bridgehead atoms. The Morgan fingerprint density at radius 1 is 0.281 bits per heavy atom. The molecule has 9 aromatic carbocycles. The highest BCUT2D eigenvalue weighted by Gasteiger charge is 2.31. The first-order valence-corrected chi connectivity index (χ1v) is 19.5. The molecule has 0 saturated carbocycles. The van der Waals surface area contributed by atoms with Gasteiger partial charge in [-0.3, -0.25) is 4.98 Å². The van der Waals surface area contributed by atoms with Crippen molar-refractivity contribution in [2.45, 2.75) is 0 Å². The molecule has 0 radical (unpaired) electrons. The molecule has 0 aliphatic heterocycles. The van der Waals surface area contributed by atoms with Gasteiger partial charge in [-0.2, -0.15) is 0 Å². The summed E-state index contributed by atoms with van der Waals surface area (Å²) in [7, 11) is 0. The second-order valence-electron chi connectivity index (χ2n) is 14.7. The van der Waals surface area contributed by atoms with Crippen LogP contribution in [0.1, 0.15) is 0 Å². The largest absolute Gasteiger partial charge is 0.310 e. The van der Waals surface area contributed by atoms with Crippen molar-refractivity contribution in [1.29, 1.82) is 0 Å². The van der Waals surface area contributed by atoms with Gasteiger partial charge in [0.15, 0.2) is 0 Å². The number of nitrogens with zero attached hydrogens (tertiary/aromatic N) is 2. The van der Waals surface area contributed by atoms with E-state index < -0.39 is 0 Å². The summed E-state index contributed by atoms with van der Waals surface area (Å²) in [5.41, 5.74) is 18.2. The molecule has 0 atom stereocenters. The highest BCUT2D eigenvalue weighted by atomic mass is 15.1. The van der Waals surface area contributed by atoms with Crippen molar-refractivity contribution in [2.24, 2.45) is 0 Å². The third-order valence-corrected chi connectivity index (χ3v) is 11.5. The van der Waals surface area contributed by atoms with Crippen LogP contribution in [0.5, 0.6) is 0 Å². The Kier molecular flexibility index (Phi) is 7.86. The SMILES string of the molecule is c1ccc(-c2ccc(N(c3ccncc3)c3cccc(-c4ccc5c6c(cccc46)-c4c-5c(-c5ccccc5)c5ccccc5c4-c4ccccc4)c3)cc2)cc1. The Morgan fingerprint density at radius 2 is 0.754 bits per heavy atom. The topological polar surface area (TPSA) is 16.1 Å². The summed E-state index contributed by atoms with van der Waals surface area (Å²) in [4.78, 5) is 6.67. The third-order valence-electron chi connectivity index (χ3n) is 11.5. The molecule has 1 aliphatic rings. The predicted octanol–water partition coefficient (Wildman–Crippen LogP) is 15.2. The first-order valence-electron chi connectivity index (χ1n) is 19.5. The molecule has 11 rings (SSSR count). The van der Waals surface area contributed by atoms with Crippen LogP contribution in [0.25, 0.3) is 88.3 Å². The predicted molar refractivity (Wildman–Crippen MR) is 240 cm³/mol. The molecule has 0 fully saturated rings. The van der Waals surface area contributed by atoms with Crippen LogP contribution in [0, 0.1) is 0 Å². The smallest absolute Gasteiger partial charge is 0.0492 e. The van der Waals surface area contributed by atoms with Gasteiger partial charge in [0, 0.05) is 29.5 Å². The zero-order valence-corrected chi connectivity index (χ0v) is 31.2. The van der Waals surface area contributed by atoms with E-state index >= 15 is 0 Å². The fourth-order valence-corrected chi connectivity index (χ4v) is 9.05. The van der Waals surface area contributed by atoms with Crippen LogP contribution in [0.3, 0.4) is 0 Å². The van der Waals surface area contributed by atoms with Gasteiger partial charge in [0.2, 0.25) is 0 Å². The van der Waals surface area contributed by atoms with Gasteiger partial charge in [0.1, 0.15) is 0 Å². The molecular formula is C55H36N2. The molecule has 57 heavy (non-hydrogen) atoms. The van der Waals surface area contributed by atoms with E-state index in [9.17, 15) is 0 Å².